The summed E-state index contributed by atoms with van der Waals surface area (Å²) in [7, 11) is 6.16. The first-order valence-corrected chi connectivity index (χ1v) is 10.8. The van der Waals surface area contributed by atoms with Gasteiger partial charge in [0.1, 0.15) is 0 Å². The Morgan fingerprint density at radius 1 is 0.857 bits per heavy atom. The van der Waals surface area contributed by atoms with E-state index in [9.17, 15) is 9.90 Å². The van der Waals surface area contributed by atoms with Gasteiger partial charge < -0.3 is 29.8 Å². The molecule has 0 atom stereocenters. The van der Waals surface area contributed by atoms with Gasteiger partial charge in [-0.25, -0.2) is 0 Å². The van der Waals surface area contributed by atoms with Crippen molar-refractivity contribution >= 4 is 23.6 Å². The van der Waals surface area contributed by atoms with Crippen molar-refractivity contribution in [3.8, 4) is 28.7 Å². The van der Waals surface area contributed by atoms with Crippen LogP contribution in [-0.4, -0.2) is 39.3 Å². The summed E-state index contributed by atoms with van der Waals surface area (Å²) in [6.07, 6.45) is 7.49. The van der Waals surface area contributed by atoms with Crippen molar-refractivity contribution in [2.75, 3.05) is 34.2 Å². The van der Waals surface area contributed by atoms with Crippen molar-refractivity contribution in [3.63, 3.8) is 0 Å². The lowest BCUT2D eigenvalue weighted by Gasteiger charge is -2.13. The number of carbonyl (C=O) groups excluding carboxylic acids is 1. The maximum absolute atomic E-state index is 12.5. The number of benzene rings is 3. The van der Waals surface area contributed by atoms with Gasteiger partial charge in [0, 0.05) is 11.3 Å². The Hall–Kier alpha value is -4.39. The number of methoxy groups -OCH3 is 4. The van der Waals surface area contributed by atoms with E-state index in [1.54, 1.807) is 63.8 Å². The summed E-state index contributed by atoms with van der Waals surface area (Å²) >= 11 is 0. The molecule has 0 aromatic heterocycles. The molecule has 0 bridgehead atoms. The number of phenolic OH excluding ortho intramolecular Hbond substituents is 1. The number of rotatable bonds is 10. The lowest BCUT2D eigenvalue weighted by molar-refractivity contribution is 0.104. The maximum atomic E-state index is 12.5. The fraction of sp³-hybridized carbons (Fsp3) is 0.179. The molecule has 0 spiro atoms. The summed E-state index contributed by atoms with van der Waals surface area (Å²) in [5.74, 6) is 1.82. The number of phenols is 1. The number of nitrogen functional groups attached to an aromatic ring is 1. The second kappa shape index (κ2) is 11.7. The van der Waals surface area contributed by atoms with Gasteiger partial charge in [-0.1, -0.05) is 18.2 Å². The molecule has 0 heterocycles. The van der Waals surface area contributed by atoms with Gasteiger partial charge in [0.25, 0.3) is 0 Å². The van der Waals surface area contributed by atoms with Crippen LogP contribution in [0.5, 0.6) is 28.7 Å². The number of hydrogen-bond donors (Lipinski definition) is 2. The van der Waals surface area contributed by atoms with Crippen LogP contribution in [0.15, 0.2) is 60.7 Å². The van der Waals surface area contributed by atoms with Crippen molar-refractivity contribution in [2.45, 2.75) is 6.42 Å². The Kier molecular flexibility index (Phi) is 8.40. The van der Waals surface area contributed by atoms with E-state index in [1.807, 2.05) is 24.3 Å². The summed E-state index contributed by atoms with van der Waals surface area (Å²) in [4.78, 5) is 12.5. The molecule has 0 fully saturated rings. The minimum Gasteiger partial charge on any atom is -0.504 e. The molecule has 0 aliphatic carbocycles. The van der Waals surface area contributed by atoms with Crippen molar-refractivity contribution in [1.82, 2.24) is 0 Å². The largest absolute Gasteiger partial charge is 0.504 e. The van der Waals surface area contributed by atoms with E-state index in [-0.39, 0.29) is 11.5 Å². The average Bonchev–Trinajstić information content (AvgIpc) is 2.87. The molecule has 0 aliphatic rings. The summed E-state index contributed by atoms with van der Waals surface area (Å²) < 4.78 is 21.5. The van der Waals surface area contributed by atoms with Gasteiger partial charge >= 0.3 is 0 Å². The lowest BCUT2D eigenvalue weighted by atomic mass is 10.0. The Balaban J connectivity index is 1.90. The summed E-state index contributed by atoms with van der Waals surface area (Å²) in [6, 6.07) is 13.8. The Morgan fingerprint density at radius 3 is 2.06 bits per heavy atom. The number of ether oxygens (including phenoxy) is 4. The fourth-order valence-corrected chi connectivity index (χ4v) is 3.54. The molecule has 0 unspecified atom stereocenters. The first kappa shape index (κ1) is 25.2. The number of hydrogen-bond acceptors (Lipinski definition) is 7. The highest BCUT2D eigenvalue weighted by atomic mass is 16.5. The van der Waals surface area contributed by atoms with Crippen LogP contribution in [0.25, 0.3) is 12.2 Å². The molecular formula is C28H29NO6. The molecule has 35 heavy (non-hydrogen) atoms. The van der Waals surface area contributed by atoms with Gasteiger partial charge in [0.05, 0.1) is 28.4 Å². The number of ketones is 1. The van der Waals surface area contributed by atoms with Crippen LogP contribution < -0.4 is 24.7 Å². The first-order valence-electron chi connectivity index (χ1n) is 10.8. The van der Waals surface area contributed by atoms with E-state index in [0.29, 0.717) is 40.7 Å². The second-order valence-corrected chi connectivity index (χ2v) is 7.61. The first-order chi connectivity index (χ1) is 16.9. The molecule has 0 saturated carbocycles. The van der Waals surface area contributed by atoms with Gasteiger partial charge in [-0.15, -0.1) is 0 Å². The Bertz CT molecular complexity index is 1220. The lowest BCUT2D eigenvalue weighted by Crippen LogP contribution is -1.96. The average molecular weight is 476 g/mol. The predicted molar refractivity (Wildman–Crippen MR) is 138 cm³/mol. The third-order valence-corrected chi connectivity index (χ3v) is 5.39. The molecule has 7 heteroatoms. The summed E-state index contributed by atoms with van der Waals surface area (Å²) in [5.41, 5.74) is 9.29. The monoisotopic (exact) mass is 475 g/mol. The van der Waals surface area contributed by atoms with Crippen molar-refractivity contribution < 1.29 is 28.8 Å². The molecule has 0 saturated heterocycles. The molecular weight excluding hydrogens is 446 g/mol. The molecule has 3 N–H and O–H groups in total. The van der Waals surface area contributed by atoms with E-state index >= 15 is 0 Å². The van der Waals surface area contributed by atoms with Gasteiger partial charge in [0.15, 0.2) is 28.8 Å². The molecule has 0 radical (unpaired) electrons. The van der Waals surface area contributed by atoms with Crippen LogP contribution in [0.2, 0.25) is 0 Å². The van der Waals surface area contributed by atoms with Crippen molar-refractivity contribution in [2.24, 2.45) is 0 Å². The third kappa shape index (κ3) is 6.14. The standard InChI is InChI=1S/C28H29NO6/c1-32-25-17-20(6-5-7-23(30)19-10-12-22(29)13-11-19)21(16-24(25)31)9-8-18-14-26(33-2)28(35-4)27(15-18)34-3/h5,7-17,31H,6,29H2,1-4H3/b7-5-,9-8-. The second-order valence-electron chi connectivity index (χ2n) is 7.61. The van der Waals surface area contributed by atoms with E-state index in [0.717, 1.165) is 16.7 Å². The molecule has 182 valence electrons. The number of aromatic hydroxyl groups is 1. The number of anilines is 1. The van der Waals surface area contributed by atoms with Gasteiger partial charge in [-0.05, 0) is 77.7 Å². The van der Waals surface area contributed by atoms with Crippen LogP contribution in [0.3, 0.4) is 0 Å². The summed E-state index contributed by atoms with van der Waals surface area (Å²) in [6.45, 7) is 0. The SMILES string of the molecule is COc1cc(C/C=C\C(=O)c2ccc(N)cc2)c(/C=C\c2cc(OC)c(OC)c(OC)c2)cc1O. The quantitative estimate of drug-likeness (QED) is 0.181. The minimum atomic E-state index is -0.120. The van der Waals surface area contributed by atoms with Crippen LogP contribution in [0.4, 0.5) is 5.69 Å². The smallest absolute Gasteiger partial charge is 0.203 e. The zero-order chi connectivity index (χ0) is 25.4. The normalized spacial score (nSPS) is 11.1. The van der Waals surface area contributed by atoms with Crippen LogP contribution in [0, 0.1) is 0 Å². The highest BCUT2D eigenvalue weighted by Gasteiger charge is 2.13. The molecule has 0 amide bonds. The third-order valence-electron chi connectivity index (χ3n) is 5.39. The number of allylic oxidation sites excluding steroid dienone is 2. The predicted octanol–water partition coefficient (Wildman–Crippen LogP) is 5.16. The van der Waals surface area contributed by atoms with Gasteiger partial charge in [0.2, 0.25) is 5.75 Å². The van der Waals surface area contributed by atoms with Crippen LogP contribution >= 0.6 is 0 Å². The molecule has 0 aliphatic heterocycles. The van der Waals surface area contributed by atoms with E-state index in [2.05, 4.69) is 0 Å². The Morgan fingerprint density at radius 2 is 1.49 bits per heavy atom. The van der Waals surface area contributed by atoms with E-state index < -0.39 is 0 Å². The fourth-order valence-electron chi connectivity index (χ4n) is 3.54. The van der Waals surface area contributed by atoms with Crippen LogP contribution in [0.1, 0.15) is 27.0 Å². The highest BCUT2D eigenvalue weighted by molar-refractivity contribution is 6.04. The molecule has 3 aromatic rings. The van der Waals surface area contributed by atoms with Gasteiger partial charge in [-0.2, -0.15) is 0 Å². The van der Waals surface area contributed by atoms with E-state index in [4.69, 9.17) is 24.7 Å². The van der Waals surface area contributed by atoms with Crippen LogP contribution in [-0.2, 0) is 6.42 Å². The summed E-state index contributed by atoms with van der Waals surface area (Å²) in [5, 5.41) is 10.3. The van der Waals surface area contributed by atoms with E-state index in [1.165, 1.54) is 13.2 Å². The number of carbonyl (C=O) groups is 1. The maximum Gasteiger partial charge on any atom is 0.203 e. The van der Waals surface area contributed by atoms with Crippen molar-refractivity contribution in [1.29, 1.82) is 0 Å². The zero-order valence-corrected chi connectivity index (χ0v) is 20.2. The molecule has 7 nitrogen and oxygen atoms in total. The topological polar surface area (TPSA) is 100 Å². The van der Waals surface area contributed by atoms with Crippen molar-refractivity contribution in [3.05, 3.63) is 82.9 Å². The van der Waals surface area contributed by atoms with Gasteiger partial charge in [-0.3, -0.25) is 4.79 Å². The minimum absolute atomic E-state index is 0.0164. The highest BCUT2D eigenvalue weighted by Crippen LogP contribution is 2.39. The zero-order valence-electron chi connectivity index (χ0n) is 20.2. The Labute approximate surface area is 205 Å². The number of nitrogens with two attached hydrogens (primary N) is 1. The molecule has 3 rings (SSSR count). The molecule has 3 aromatic carbocycles.